The van der Waals surface area contributed by atoms with Gasteiger partial charge in [0.05, 0.1) is 19.9 Å². The number of hydrogen-bond acceptors (Lipinski definition) is 6. The highest BCUT2D eigenvalue weighted by Gasteiger charge is 2.26. The Morgan fingerprint density at radius 2 is 1.83 bits per heavy atom. The highest BCUT2D eigenvalue weighted by atomic mass is 19.1. The fourth-order valence-electron chi connectivity index (χ4n) is 3.84. The normalized spacial score (nSPS) is 18.3. The summed E-state index contributed by atoms with van der Waals surface area (Å²) in [6.07, 6.45) is 1.25. The van der Waals surface area contributed by atoms with Gasteiger partial charge in [0.15, 0.2) is 0 Å². The van der Waals surface area contributed by atoms with E-state index >= 15 is 0 Å². The molecule has 2 atom stereocenters. The van der Waals surface area contributed by atoms with Crippen LogP contribution in [0.5, 0.6) is 11.5 Å². The van der Waals surface area contributed by atoms with Crippen LogP contribution < -0.4 is 25.6 Å². The third-order valence-electron chi connectivity index (χ3n) is 5.83. The Hall–Kier alpha value is -3.66. The van der Waals surface area contributed by atoms with Crippen molar-refractivity contribution >= 4 is 17.7 Å². The third kappa shape index (κ3) is 8.53. The maximum absolute atomic E-state index is 13.0. The van der Waals surface area contributed by atoms with E-state index in [9.17, 15) is 18.8 Å². The molecule has 3 amide bonds. The van der Waals surface area contributed by atoms with E-state index in [-0.39, 0.29) is 25.3 Å². The van der Waals surface area contributed by atoms with Crippen LogP contribution in [0.15, 0.2) is 48.5 Å². The molecule has 4 N–H and O–H groups in total. The molecule has 2 aliphatic rings. The van der Waals surface area contributed by atoms with Gasteiger partial charge in [0, 0.05) is 31.7 Å². The number of hydrogen-bond donors (Lipinski definition) is 4. The molecule has 2 heterocycles. The standard InChI is InChI=1S/C26H32FN3O6/c27-12-2-14-36-22-10-6-19(7-11-22)17-28-26(33)23-15-18-4-8-21(9-5-18)35-13-1-3-20(25(32)30-34)16-24(31)29-23/h4-11,20,23,34H,1-3,12-17H2,(H,28,33)(H,29,31)(H,30,32). The van der Waals surface area contributed by atoms with Crippen LogP contribution in [0, 0.1) is 5.92 Å². The van der Waals surface area contributed by atoms with Crippen molar-refractivity contribution in [3.05, 3.63) is 59.7 Å². The minimum absolute atomic E-state index is 0.169. The van der Waals surface area contributed by atoms with Crippen molar-refractivity contribution in [3.63, 3.8) is 0 Å². The number of amides is 3. The quantitative estimate of drug-likeness (QED) is 0.250. The summed E-state index contributed by atoms with van der Waals surface area (Å²) in [5, 5.41) is 14.6. The van der Waals surface area contributed by atoms with Crippen molar-refractivity contribution in [1.29, 1.82) is 0 Å². The van der Waals surface area contributed by atoms with Crippen LogP contribution >= 0.6 is 0 Å². The van der Waals surface area contributed by atoms with Crippen molar-refractivity contribution in [1.82, 2.24) is 16.1 Å². The number of fused-ring (bicyclic) bond motifs is 11. The summed E-state index contributed by atoms with van der Waals surface area (Å²) in [4.78, 5) is 37.8. The lowest BCUT2D eigenvalue weighted by Gasteiger charge is -2.21. The van der Waals surface area contributed by atoms with Gasteiger partial charge < -0.3 is 20.1 Å². The minimum atomic E-state index is -0.867. The average molecular weight is 502 g/mol. The summed E-state index contributed by atoms with van der Waals surface area (Å²) in [5.74, 6) is -0.960. The van der Waals surface area contributed by atoms with Crippen molar-refractivity contribution in [2.45, 2.75) is 44.7 Å². The molecule has 10 heteroatoms. The lowest BCUT2D eigenvalue weighted by Crippen LogP contribution is -2.48. The van der Waals surface area contributed by atoms with E-state index in [1.165, 1.54) is 0 Å². The molecular formula is C26H32FN3O6. The number of carbonyl (C=O) groups is 3. The van der Waals surface area contributed by atoms with Gasteiger partial charge in [0.25, 0.3) is 0 Å². The predicted molar refractivity (Wildman–Crippen MR) is 129 cm³/mol. The van der Waals surface area contributed by atoms with E-state index in [0.717, 1.165) is 11.1 Å². The second kappa shape index (κ2) is 14.0. The molecule has 0 fully saturated rings. The Morgan fingerprint density at radius 3 is 2.53 bits per heavy atom. The summed E-state index contributed by atoms with van der Waals surface area (Å²) in [5.41, 5.74) is 3.27. The van der Waals surface area contributed by atoms with Crippen molar-refractivity contribution in [3.8, 4) is 11.5 Å². The fraction of sp³-hybridized carbons (Fsp3) is 0.423. The first-order valence-corrected chi connectivity index (χ1v) is 12.0. The largest absolute Gasteiger partial charge is 0.494 e. The number of benzene rings is 2. The van der Waals surface area contributed by atoms with Crippen LogP contribution in [0.4, 0.5) is 4.39 Å². The molecule has 2 bridgehead atoms. The Labute approximate surface area is 209 Å². The second-order valence-electron chi connectivity index (χ2n) is 8.59. The Bertz CT molecular complexity index is 1000. The summed E-state index contributed by atoms with van der Waals surface area (Å²) in [6.45, 7) is 0.459. The molecule has 2 aliphatic heterocycles. The van der Waals surface area contributed by atoms with Gasteiger partial charge in [-0.2, -0.15) is 0 Å². The van der Waals surface area contributed by atoms with Gasteiger partial charge in [0.2, 0.25) is 17.7 Å². The molecule has 194 valence electrons. The average Bonchev–Trinajstić information content (AvgIpc) is 2.89. The first kappa shape index (κ1) is 26.9. The zero-order valence-corrected chi connectivity index (χ0v) is 20.0. The van der Waals surface area contributed by atoms with E-state index in [1.807, 2.05) is 12.1 Å². The Balaban J connectivity index is 1.67. The molecule has 2 unspecified atom stereocenters. The lowest BCUT2D eigenvalue weighted by atomic mass is 9.97. The van der Waals surface area contributed by atoms with Gasteiger partial charge in [-0.3, -0.25) is 24.0 Å². The number of alkyl halides is 1. The van der Waals surface area contributed by atoms with Crippen LogP contribution in [0.3, 0.4) is 0 Å². The number of ether oxygens (including phenoxy) is 2. The monoisotopic (exact) mass is 501 g/mol. The number of hydroxylamine groups is 1. The summed E-state index contributed by atoms with van der Waals surface area (Å²) in [6, 6.07) is 13.5. The fourth-order valence-corrected chi connectivity index (χ4v) is 3.84. The molecule has 36 heavy (non-hydrogen) atoms. The van der Waals surface area contributed by atoms with Gasteiger partial charge in [-0.1, -0.05) is 24.3 Å². The number of carbonyl (C=O) groups excluding carboxylic acids is 3. The molecule has 2 aromatic rings. The Morgan fingerprint density at radius 1 is 1.08 bits per heavy atom. The molecule has 0 spiro atoms. The molecule has 0 radical (unpaired) electrons. The molecular weight excluding hydrogens is 469 g/mol. The van der Waals surface area contributed by atoms with Gasteiger partial charge in [-0.05, 0) is 48.2 Å². The zero-order chi connectivity index (χ0) is 25.8. The maximum atomic E-state index is 13.0. The van der Waals surface area contributed by atoms with Gasteiger partial charge in [-0.15, -0.1) is 0 Å². The zero-order valence-electron chi connectivity index (χ0n) is 20.0. The summed E-state index contributed by atoms with van der Waals surface area (Å²) >= 11 is 0. The summed E-state index contributed by atoms with van der Waals surface area (Å²) < 4.78 is 23.3. The van der Waals surface area contributed by atoms with Crippen LogP contribution in [0.25, 0.3) is 0 Å². The van der Waals surface area contributed by atoms with Crippen molar-refractivity contribution in [2.75, 3.05) is 19.9 Å². The topological polar surface area (TPSA) is 126 Å². The van der Waals surface area contributed by atoms with Gasteiger partial charge in [0.1, 0.15) is 17.5 Å². The molecule has 4 rings (SSSR count). The van der Waals surface area contributed by atoms with Crippen LogP contribution in [-0.4, -0.2) is 48.9 Å². The van der Waals surface area contributed by atoms with Gasteiger partial charge >= 0.3 is 0 Å². The summed E-state index contributed by atoms with van der Waals surface area (Å²) in [7, 11) is 0. The van der Waals surface area contributed by atoms with E-state index in [2.05, 4.69) is 10.6 Å². The molecule has 0 saturated heterocycles. The highest BCUT2D eigenvalue weighted by molar-refractivity contribution is 5.90. The smallest absolute Gasteiger partial charge is 0.246 e. The molecule has 9 nitrogen and oxygen atoms in total. The van der Waals surface area contributed by atoms with Crippen LogP contribution in [0.2, 0.25) is 0 Å². The molecule has 0 saturated carbocycles. The number of halogens is 1. The third-order valence-corrected chi connectivity index (χ3v) is 5.83. The van der Waals surface area contributed by atoms with Crippen LogP contribution in [0.1, 0.15) is 36.8 Å². The first-order valence-electron chi connectivity index (χ1n) is 12.0. The van der Waals surface area contributed by atoms with Gasteiger partial charge in [-0.25, -0.2) is 5.48 Å². The number of rotatable bonds is 8. The predicted octanol–water partition coefficient (Wildman–Crippen LogP) is 2.45. The highest BCUT2D eigenvalue weighted by Crippen LogP contribution is 2.18. The van der Waals surface area contributed by atoms with Crippen molar-refractivity contribution in [2.24, 2.45) is 5.92 Å². The second-order valence-corrected chi connectivity index (χ2v) is 8.59. The van der Waals surface area contributed by atoms with E-state index in [1.54, 1.807) is 41.9 Å². The maximum Gasteiger partial charge on any atom is 0.246 e. The molecule has 0 aromatic heterocycles. The lowest BCUT2D eigenvalue weighted by molar-refractivity contribution is -0.137. The van der Waals surface area contributed by atoms with Crippen LogP contribution in [-0.2, 0) is 27.3 Å². The first-order chi connectivity index (χ1) is 17.5. The molecule has 0 aliphatic carbocycles. The SMILES string of the molecule is O=C1CC(C(=O)NO)CCCOc2ccc(cc2)CC(C(=O)NCc2ccc(OCCCF)cc2)N1. The van der Waals surface area contributed by atoms with E-state index in [0.29, 0.717) is 44.0 Å². The van der Waals surface area contributed by atoms with E-state index in [4.69, 9.17) is 14.7 Å². The minimum Gasteiger partial charge on any atom is -0.494 e. The Kier molecular flexibility index (Phi) is 10.5. The number of nitrogens with one attached hydrogen (secondary N) is 3. The molecule has 2 aromatic carbocycles. The van der Waals surface area contributed by atoms with Crippen molar-refractivity contribution < 1.29 is 33.5 Å². The van der Waals surface area contributed by atoms with E-state index < -0.39 is 30.4 Å².